The summed E-state index contributed by atoms with van der Waals surface area (Å²) in [6.45, 7) is 0. The van der Waals surface area contributed by atoms with E-state index in [0.29, 0.717) is 30.4 Å². The van der Waals surface area contributed by atoms with Crippen molar-refractivity contribution in [3.8, 4) is 0 Å². The predicted octanol–water partition coefficient (Wildman–Crippen LogP) is 3.52. The molecule has 0 bridgehead atoms. The molecule has 1 N–H and O–H groups in total. The number of alkyl halides is 2. The van der Waals surface area contributed by atoms with E-state index in [9.17, 15) is 13.6 Å². The van der Waals surface area contributed by atoms with Crippen molar-refractivity contribution >= 4 is 6.29 Å². The standard InChI is InChI=1S/C16H19F2NO/c17-16(18)6-4-13(5-7-16)19-15-9-14(15)12-3-1-2-11(8-12)10-20/h1-3,8,10,13-15,19H,4-7,9H2. The van der Waals surface area contributed by atoms with E-state index in [2.05, 4.69) is 5.32 Å². The van der Waals surface area contributed by atoms with E-state index in [0.717, 1.165) is 12.7 Å². The Balaban J connectivity index is 1.53. The van der Waals surface area contributed by atoms with Crippen LogP contribution in [0.5, 0.6) is 0 Å². The topological polar surface area (TPSA) is 29.1 Å². The Morgan fingerprint density at radius 2 is 2.00 bits per heavy atom. The number of carbonyl (C=O) groups excluding carboxylic acids is 1. The Hall–Kier alpha value is -1.29. The average Bonchev–Trinajstić information content (AvgIpc) is 3.21. The third kappa shape index (κ3) is 3.06. The van der Waals surface area contributed by atoms with Crippen molar-refractivity contribution in [2.45, 2.75) is 56.0 Å². The lowest BCUT2D eigenvalue weighted by atomic mass is 9.92. The van der Waals surface area contributed by atoms with E-state index in [1.54, 1.807) is 6.07 Å². The first kappa shape index (κ1) is 13.7. The highest BCUT2D eigenvalue weighted by Gasteiger charge is 2.42. The average molecular weight is 279 g/mol. The molecule has 2 saturated carbocycles. The Kier molecular flexibility index (Phi) is 3.59. The van der Waals surface area contributed by atoms with Gasteiger partial charge in [0, 0.05) is 36.4 Å². The smallest absolute Gasteiger partial charge is 0.248 e. The van der Waals surface area contributed by atoms with Gasteiger partial charge in [-0.1, -0.05) is 18.2 Å². The lowest BCUT2D eigenvalue weighted by Gasteiger charge is -2.29. The Morgan fingerprint density at radius 1 is 1.25 bits per heavy atom. The molecule has 20 heavy (non-hydrogen) atoms. The van der Waals surface area contributed by atoms with Crippen molar-refractivity contribution in [2.24, 2.45) is 0 Å². The van der Waals surface area contributed by atoms with Crippen LogP contribution in [0.4, 0.5) is 8.78 Å². The van der Waals surface area contributed by atoms with Crippen molar-refractivity contribution in [3.05, 3.63) is 35.4 Å². The third-order valence-corrected chi connectivity index (χ3v) is 4.43. The second-order valence-corrected chi connectivity index (χ2v) is 6.03. The first-order valence-electron chi connectivity index (χ1n) is 7.26. The number of benzene rings is 1. The van der Waals surface area contributed by atoms with E-state index in [1.165, 1.54) is 5.56 Å². The fourth-order valence-electron chi connectivity index (χ4n) is 3.12. The molecule has 2 atom stereocenters. The molecule has 2 fully saturated rings. The molecule has 0 aromatic heterocycles. The van der Waals surface area contributed by atoms with Crippen LogP contribution in [0.1, 0.15) is 53.9 Å². The molecule has 0 spiro atoms. The number of hydrogen-bond acceptors (Lipinski definition) is 2. The van der Waals surface area contributed by atoms with Crippen LogP contribution >= 0.6 is 0 Å². The van der Waals surface area contributed by atoms with Gasteiger partial charge in [0.05, 0.1) is 0 Å². The highest BCUT2D eigenvalue weighted by Crippen LogP contribution is 2.42. The summed E-state index contributed by atoms with van der Waals surface area (Å²) in [7, 11) is 0. The Bertz CT molecular complexity index is 493. The van der Waals surface area contributed by atoms with Gasteiger partial charge < -0.3 is 5.32 Å². The maximum absolute atomic E-state index is 13.1. The molecular weight excluding hydrogens is 260 g/mol. The lowest BCUT2D eigenvalue weighted by molar-refractivity contribution is -0.0405. The van der Waals surface area contributed by atoms with Gasteiger partial charge in [0.25, 0.3) is 0 Å². The molecule has 4 heteroatoms. The first-order valence-corrected chi connectivity index (χ1v) is 7.26. The van der Waals surface area contributed by atoms with Crippen molar-refractivity contribution in [1.82, 2.24) is 5.32 Å². The zero-order chi connectivity index (χ0) is 14.2. The molecule has 1 aromatic rings. The monoisotopic (exact) mass is 279 g/mol. The summed E-state index contributed by atoms with van der Waals surface area (Å²) in [5, 5.41) is 3.49. The zero-order valence-electron chi connectivity index (χ0n) is 11.3. The second kappa shape index (κ2) is 5.24. The minimum Gasteiger partial charge on any atom is -0.311 e. The summed E-state index contributed by atoms with van der Waals surface area (Å²) in [4.78, 5) is 10.8. The minimum atomic E-state index is -2.46. The number of hydrogen-bond donors (Lipinski definition) is 1. The SMILES string of the molecule is O=Cc1cccc(C2CC2NC2CCC(F)(F)CC2)c1. The van der Waals surface area contributed by atoms with Crippen LogP contribution in [0.3, 0.4) is 0 Å². The molecule has 108 valence electrons. The van der Waals surface area contributed by atoms with Gasteiger partial charge in [-0.2, -0.15) is 0 Å². The van der Waals surface area contributed by atoms with Gasteiger partial charge in [-0.15, -0.1) is 0 Å². The molecule has 0 radical (unpaired) electrons. The zero-order valence-corrected chi connectivity index (χ0v) is 11.3. The second-order valence-electron chi connectivity index (χ2n) is 6.03. The summed E-state index contributed by atoms with van der Waals surface area (Å²) in [6, 6.07) is 8.26. The Labute approximate surface area is 117 Å². The van der Waals surface area contributed by atoms with Crippen molar-refractivity contribution < 1.29 is 13.6 Å². The van der Waals surface area contributed by atoms with Gasteiger partial charge in [0.2, 0.25) is 5.92 Å². The molecular formula is C16H19F2NO. The third-order valence-electron chi connectivity index (χ3n) is 4.43. The van der Waals surface area contributed by atoms with E-state index in [4.69, 9.17) is 0 Å². The number of carbonyl (C=O) groups is 1. The molecule has 0 saturated heterocycles. The molecule has 2 aliphatic carbocycles. The number of aldehydes is 1. The van der Waals surface area contributed by atoms with Crippen LogP contribution in [0.2, 0.25) is 0 Å². The van der Waals surface area contributed by atoms with E-state index < -0.39 is 5.92 Å². The highest BCUT2D eigenvalue weighted by atomic mass is 19.3. The fourth-order valence-corrected chi connectivity index (χ4v) is 3.12. The van der Waals surface area contributed by atoms with Crippen molar-refractivity contribution in [1.29, 1.82) is 0 Å². The number of nitrogens with one attached hydrogen (secondary N) is 1. The highest BCUT2D eigenvalue weighted by molar-refractivity contribution is 5.75. The minimum absolute atomic E-state index is 0.00266. The molecule has 0 aliphatic heterocycles. The van der Waals surface area contributed by atoms with Gasteiger partial charge in [-0.25, -0.2) is 8.78 Å². The molecule has 2 unspecified atom stereocenters. The van der Waals surface area contributed by atoms with Gasteiger partial charge in [-0.05, 0) is 30.9 Å². The molecule has 1 aromatic carbocycles. The van der Waals surface area contributed by atoms with Crippen LogP contribution in [-0.2, 0) is 0 Å². The lowest BCUT2D eigenvalue weighted by Crippen LogP contribution is -2.38. The summed E-state index contributed by atoms with van der Waals surface area (Å²) in [5.74, 6) is -2.03. The van der Waals surface area contributed by atoms with E-state index in [-0.39, 0.29) is 18.9 Å². The van der Waals surface area contributed by atoms with E-state index in [1.807, 2.05) is 18.2 Å². The first-order chi connectivity index (χ1) is 9.57. The number of rotatable bonds is 4. The summed E-state index contributed by atoms with van der Waals surface area (Å²) in [5.41, 5.74) is 1.87. The molecule has 0 heterocycles. The van der Waals surface area contributed by atoms with Crippen LogP contribution in [0, 0.1) is 0 Å². The number of halogens is 2. The van der Waals surface area contributed by atoms with Crippen molar-refractivity contribution in [3.63, 3.8) is 0 Å². The maximum atomic E-state index is 13.1. The van der Waals surface area contributed by atoms with Crippen molar-refractivity contribution in [2.75, 3.05) is 0 Å². The normalized spacial score (nSPS) is 29.1. The van der Waals surface area contributed by atoms with Crippen LogP contribution < -0.4 is 5.32 Å². The fraction of sp³-hybridized carbons (Fsp3) is 0.562. The molecule has 3 rings (SSSR count). The predicted molar refractivity (Wildman–Crippen MR) is 73.3 cm³/mol. The largest absolute Gasteiger partial charge is 0.311 e. The van der Waals surface area contributed by atoms with Gasteiger partial charge in [-0.3, -0.25) is 4.79 Å². The molecule has 2 aliphatic rings. The molecule has 0 amide bonds. The summed E-state index contributed by atoms with van der Waals surface area (Å²) >= 11 is 0. The van der Waals surface area contributed by atoms with Gasteiger partial charge in [0.1, 0.15) is 6.29 Å². The quantitative estimate of drug-likeness (QED) is 0.854. The molecule has 2 nitrogen and oxygen atoms in total. The van der Waals surface area contributed by atoms with Gasteiger partial charge in [0.15, 0.2) is 0 Å². The summed E-state index contributed by atoms with van der Waals surface area (Å²) < 4.78 is 26.2. The van der Waals surface area contributed by atoms with E-state index >= 15 is 0 Å². The van der Waals surface area contributed by atoms with Gasteiger partial charge >= 0.3 is 0 Å². The Morgan fingerprint density at radius 3 is 2.70 bits per heavy atom. The maximum Gasteiger partial charge on any atom is 0.248 e. The van der Waals surface area contributed by atoms with Crippen LogP contribution in [-0.4, -0.2) is 24.3 Å². The van der Waals surface area contributed by atoms with Crippen LogP contribution in [0.15, 0.2) is 24.3 Å². The summed E-state index contributed by atoms with van der Waals surface area (Å²) in [6.07, 6.45) is 3.02. The van der Waals surface area contributed by atoms with Crippen LogP contribution in [0.25, 0.3) is 0 Å².